The number of para-hydroxylation sites is 1. The summed E-state index contributed by atoms with van der Waals surface area (Å²) < 4.78 is 13.0. The number of pyridine rings is 1. The van der Waals surface area contributed by atoms with E-state index in [4.69, 9.17) is 0 Å². The summed E-state index contributed by atoms with van der Waals surface area (Å²) >= 11 is 1.20. The Morgan fingerprint density at radius 1 is 1.21 bits per heavy atom. The first-order chi connectivity index (χ1) is 9.22. The monoisotopic (exact) mass is 273 g/mol. The summed E-state index contributed by atoms with van der Waals surface area (Å²) in [5.41, 5.74) is 0.339. The van der Waals surface area contributed by atoms with Gasteiger partial charge in [0, 0.05) is 5.69 Å². The molecule has 0 aliphatic rings. The first-order valence-electron chi connectivity index (χ1n) is 5.51. The summed E-state index contributed by atoms with van der Waals surface area (Å²) in [6.45, 7) is 0. The molecular formula is C13H8FN3OS. The third kappa shape index (κ3) is 2.43. The molecule has 0 bridgehead atoms. The van der Waals surface area contributed by atoms with Crippen molar-refractivity contribution in [1.29, 1.82) is 0 Å². The zero-order valence-corrected chi connectivity index (χ0v) is 10.4. The standard InChI is InChI=1S/C13H8FN3OS/c14-8-6-10-11(18)17-13(19-12(10)15-7-8)16-9-4-2-1-3-5-9/h1-7H,(H,16,17,18). The predicted molar refractivity (Wildman–Crippen MR) is 73.4 cm³/mol. The largest absolute Gasteiger partial charge is 0.331 e. The Kier molecular flexibility index (Phi) is 2.92. The topological polar surface area (TPSA) is 54.9 Å². The molecule has 0 unspecified atom stereocenters. The highest BCUT2D eigenvalue weighted by Gasteiger charge is 2.07. The molecule has 0 fully saturated rings. The summed E-state index contributed by atoms with van der Waals surface area (Å²) in [5.74, 6) is -0.539. The minimum atomic E-state index is -0.539. The number of hydrogen-bond acceptors (Lipinski definition) is 5. The normalized spacial score (nSPS) is 10.6. The minimum Gasteiger partial charge on any atom is -0.331 e. The summed E-state index contributed by atoms with van der Waals surface area (Å²) in [4.78, 5) is 20.0. The number of nitrogens with one attached hydrogen (secondary N) is 1. The summed E-state index contributed by atoms with van der Waals surface area (Å²) in [6, 6.07) is 10.5. The van der Waals surface area contributed by atoms with E-state index in [9.17, 15) is 9.18 Å². The molecule has 3 aromatic rings. The maximum Gasteiger partial charge on any atom is 0.282 e. The van der Waals surface area contributed by atoms with E-state index in [0.29, 0.717) is 9.96 Å². The van der Waals surface area contributed by atoms with Crippen LogP contribution in [0, 0.1) is 5.82 Å². The highest BCUT2D eigenvalue weighted by Crippen LogP contribution is 2.22. The van der Waals surface area contributed by atoms with Gasteiger partial charge in [-0.2, -0.15) is 4.98 Å². The van der Waals surface area contributed by atoms with Gasteiger partial charge >= 0.3 is 0 Å². The molecule has 1 N–H and O–H groups in total. The number of benzene rings is 1. The third-order valence-electron chi connectivity index (χ3n) is 2.47. The molecule has 0 amide bonds. The fourth-order valence-corrected chi connectivity index (χ4v) is 2.47. The molecule has 94 valence electrons. The molecule has 0 saturated heterocycles. The maximum absolute atomic E-state index is 13.0. The van der Waals surface area contributed by atoms with Crippen LogP contribution >= 0.6 is 11.3 Å². The molecule has 3 rings (SSSR count). The quantitative estimate of drug-likeness (QED) is 0.780. The predicted octanol–water partition coefficient (Wildman–Crippen LogP) is 2.93. The van der Waals surface area contributed by atoms with Crippen LogP contribution < -0.4 is 10.9 Å². The van der Waals surface area contributed by atoms with Gasteiger partial charge < -0.3 is 5.32 Å². The van der Waals surface area contributed by atoms with E-state index in [0.717, 1.165) is 18.0 Å². The Labute approximate surface area is 111 Å². The van der Waals surface area contributed by atoms with Crippen molar-refractivity contribution in [3.63, 3.8) is 0 Å². The van der Waals surface area contributed by atoms with Crippen molar-refractivity contribution < 1.29 is 4.39 Å². The summed E-state index contributed by atoms with van der Waals surface area (Å²) in [7, 11) is 0. The molecule has 4 nitrogen and oxygen atoms in total. The highest BCUT2D eigenvalue weighted by atomic mass is 32.1. The van der Waals surface area contributed by atoms with E-state index in [1.807, 2.05) is 30.3 Å². The van der Waals surface area contributed by atoms with E-state index in [1.165, 1.54) is 11.3 Å². The van der Waals surface area contributed by atoms with Crippen LogP contribution in [0.4, 0.5) is 15.2 Å². The van der Waals surface area contributed by atoms with Crippen LogP contribution in [0.5, 0.6) is 0 Å². The summed E-state index contributed by atoms with van der Waals surface area (Å²) in [6.07, 6.45) is 1.09. The SMILES string of the molecule is O=c1nc(Nc2ccccc2)sc2ncc(F)cc12. The zero-order chi connectivity index (χ0) is 13.2. The maximum atomic E-state index is 13.0. The van der Waals surface area contributed by atoms with Crippen LogP contribution in [0.25, 0.3) is 10.2 Å². The molecular weight excluding hydrogens is 265 g/mol. The Balaban J connectivity index is 2.07. The van der Waals surface area contributed by atoms with Crippen LogP contribution in [0.2, 0.25) is 0 Å². The molecule has 6 heteroatoms. The minimum absolute atomic E-state index is 0.198. The van der Waals surface area contributed by atoms with Gasteiger partial charge in [0.15, 0.2) is 5.13 Å². The molecule has 1 aromatic carbocycles. The van der Waals surface area contributed by atoms with Crippen molar-refractivity contribution in [3.05, 3.63) is 58.8 Å². The van der Waals surface area contributed by atoms with Gasteiger partial charge in [-0.3, -0.25) is 4.79 Å². The molecule has 0 aliphatic carbocycles. The average molecular weight is 273 g/mol. The van der Waals surface area contributed by atoms with Crippen molar-refractivity contribution in [2.75, 3.05) is 5.32 Å². The molecule has 2 aromatic heterocycles. The smallest absolute Gasteiger partial charge is 0.282 e. The van der Waals surface area contributed by atoms with Crippen molar-refractivity contribution in [2.24, 2.45) is 0 Å². The zero-order valence-electron chi connectivity index (χ0n) is 9.63. The van der Waals surface area contributed by atoms with Crippen molar-refractivity contribution in [3.8, 4) is 0 Å². The van der Waals surface area contributed by atoms with Gasteiger partial charge in [0.05, 0.1) is 11.6 Å². The van der Waals surface area contributed by atoms with Gasteiger partial charge in [-0.15, -0.1) is 0 Å². The number of aromatic nitrogens is 2. The third-order valence-corrected chi connectivity index (χ3v) is 3.38. The molecule has 0 saturated carbocycles. The fourth-order valence-electron chi connectivity index (χ4n) is 1.63. The van der Waals surface area contributed by atoms with Crippen LogP contribution in [-0.4, -0.2) is 9.97 Å². The lowest BCUT2D eigenvalue weighted by Gasteiger charge is -2.04. The molecule has 0 radical (unpaired) electrons. The van der Waals surface area contributed by atoms with E-state index in [2.05, 4.69) is 15.3 Å². The van der Waals surface area contributed by atoms with E-state index >= 15 is 0 Å². The fraction of sp³-hybridized carbons (Fsp3) is 0. The van der Waals surface area contributed by atoms with Gasteiger partial charge in [-0.25, -0.2) is 9.37 Å². The lowest BCUT2D eigenvalue weighted by Crippen LogP contribution is -2.08. The van der Waals surface area contributed by atoms with Crippen LogP contribution in [0.15, 0.2) is 47.4 Å². The molecule has 0 atom stereocenters. The van der Waals surface area contributed by atoms with E-state index < -0.39 is 11.4 Å². The number of fused-ring (bicyclic) bond motifs is 1. The van der Waals surface area contributed by atoms with E-state index in [-0.39, 0.29) is 5.39 Å². The Morgan fingerprint density at radius 2 is 2.00 bits per heavy atom. The number of anilines is 2. The lowest BCUT2D eigenvalue weighted by atomic mass is 10.3. The second-order valence-electron chi connectivity index (χ2n) is 3.82. The van der Waals surface area contributed by atoms with E-state index in [1.54, 1.807) is 0 Å². The number of rotatable bonds is 2. The molecule has 0 spiro atoms. The van der Waals surface area contributed by atoms with Crippen molar-refractivity contribution >= 4 is 32.4 Å². The summed E-state index contributed by atoms with van der Waals surface area (Å²) in [5, 5.41) is 3.66. The number of nitrogens with zero attached hydrogens (tertiary/aromatic N) is 2. The van der Waals surface area contributed by atoms with Gasteiger partial charge in [-0.05, 0) is 18.2 Å². The number of halogens is 1. The second-order valence-corrected chi connectivity index (χ2v) is 4.80. The second kappa shape index (κ2) is 4.74. The van der Waals surface area contributed by atoms with Crippen LogP contribution in [-0.2, 0) is 0 Å². The van der Waals surface area contributed by atoms with Gasteiger partial charge in [0.25, 0.3) is 5.56 Å². The van der Waals surface area contributed by atoms with Crippen molar-refractivity contribution in [1.82, 2.24) is 9.97 Å². The van der Waals surface area contributed by atoms with Gasteiger partial charge in [0.1, 0.15) is 10.6 Å². The Bertz CT molecular complexity index is 789. The average Bonchev–Trinajstić information content (AvgIpc) is 2.41. The number of hydrogen-bond donors (Lipinski definition) is 1. The highest BCUT2D eigenvalue weighted by molar-refractivity contribution is 7.21. The Hall–Kier alpha value is -2.34. The first-order valence-corrected chi connectivity index (χ1v) is 6.32. The van der Waals surface area contributed by atoms with Crippen LogP contribution in [0.1, 0.15) is 0 Å². The van der Waals surface area contributed by atoms with Crippen LogP contribution in [0.3, 0.4) is 0 Å². The first kappa shape index (κ1) is 11.7. The van der Waals surface area contributed by atoms with Crippen molar-refractivity contribution in [2.45, 2.75) is 0 Å². The lowest BCUT2D eigenvalue weighted by molar-refractivity contribution is 0.624. The Morgan fingerprint density at radius 3 is 2.79 bits per heavy atom. The molecule has 19 heavy (non-hydrogen) atoms. The molecule has 2 heterocycles. The van der Waals surface area contributed by atoms with Gasteiger partial charge in [-0.1, -0.05) is 29.5 Å². The van der Waals surface area contributed by atoms with Gasteiger partial charge in [0.2, 0.25) is 0 Å². The molecule has 0 aliphatic heterocycles.